The zero-order valence-electron chi connectivity index (χ0n) is 12.8. The molecule has 114 valence electrons. The van der Waals surface area contributed by atoms with E-state index in [9.17, 15) is 0 Å². The minimum absolute atomic E-state index is 0.456. The van der Waals surface area contributed by atoms with Crippen molar-refractivity contribution in [3.8, 4) is 0 Å². The average molecular weight is 278 g/mol. The summed E-state index contributed by atoms with van der Waals surface area (Å²) < 4.78 is 12.2. The Balaban J connectivity index is 1.28. The summed E-state index contributed by atoms with van der Waals surface area (Å²) in [5.74, 6) is 0.842. The minimum Gasteiger partial charge on any atom is -0.378 e. The van der Waals surface area contributed by atoms with Gasteiger partial charge in [-0.25, -0.2) is 0 Å². The maximum Gasteiger partial charge on any atom is 0.0610 e. The van der Waals surface area contributed by atoms with Crippen LogP contribution >= 0.6 is 0 Å². The van der Waals surface area contributed by atoms with E-state index >= 15 is 0 Å². The predicted octanol–water partition coefficient (Wildman–Crippen LogP) is 4.48. The van der Waals surface area contributed by atoms with Crippen molar-refractivity contribution in [3.63, 3.8) is 0 Å². The van der Waals surface area contributed by atoms with Gasteiger partial charge in [-0.2, -0.15) is 0 Å². The molecule has 0 aliphatic heterocycles. The molecule has 3 aliphatic carbocycles. The topological polar surface area (TPSA) is 18.5 Å². The Morgan fingerprint density at radius 2 is 1.95 bits per heavy atom. The molecule has 2 heteroatoms. The lowest BCUT2D eigenvalue weighted by molar-refractivity contribution is -0.00616. The molecular weight excluding hydrogens is 248 g/mol. The molecule has 2 radical (unpaired) electrons. The maximum absolute atomic E-state index is 6.26. The molecule has 3 saturated carbocycles. The van der Waals surface area contributed by atoms with Crippen molar-refractivity contribution in [1.82, 2.24) is 0 Å². The van der Waals surface area contributed by atoms with Crippen LogP contribution < -0.4 is 0 Å². The fraction of sp³-hybridized carbons (Fsp3) is 0.889. The van der Waals surface area contributed by atoms with Crippen molar-refractivity contribution in [2.45, 2.75) is 88.9 Å². The highest BCUT2D eigenvalue weighted by atomic mass is 16.5. The minimum atomic E-state index is 0.456. The van der Waals surface area contributed by atoms with Crippen molar-refractivity contribution in [2.24, 2.45) is 5.92 Å². The molecule has 0 saturated heterocycles. The van der Waals surface area contributed by atoms with E-state index in [0.717, 1.165) is 12.5 Å². The molecule has 4 unspecified atom stereocenters. The van der Waals surface area contributed by atoms with Gasteiger partial charge in [0.25, 0.3) is 0 Å². The zero-order valence-corrected chi connectivity index (χ0v) is 12.8. The number of rotatable bonds is 6. The first-order valence-electron chi connectivity index (χ1n) is 8.82. The molecule has 0 aromatic rings. The first kappa shape index (κ1) is 14.8. The lowest BCUT2D eigenvalue weighted by Gasteiger charge is -2.25. The largest absolute Gasteiger partial charge is 0.378 e. The Morgan fingerprint density at radius 3 is 2.75 bits per heavy atom. The first-order chi connectivity index (χ1) is 9.90. The Morgan fingerprint density at radius 1 is 0.950 bits per heavy atom. The second-order valence-electron chi connectivity index (χ2n) is 6.88. The molecule has 0 heterocycles. The molecule has 0 aromatic heterocycles. The normalized spacial score (nSPS) is 33.0. The third-order valence-corrected chi connectivity index (χ3v) is 5.23. The van der Waals surface area contributed by atoms with Crippen LogP contribution in [0.5, 0.6) is 0 Å². The van der Waals surface area contributed by atoms with Gasteiger partial charge in [0, 0.05) is 6.61 Å². The fourth-order valence-corrected chi connectivity index (χ4v) is 3.98. The van der Waals surface area contributed by atoms with E-state index in [0.29, 0.717) is 18.3 Å². The number of hydrogen-bond donors (Lipinski definition) is 0. The van der Waals surface area contributed by atoms with Crippen LogP contribution in [-0.4, -0.2) is 24.9 Å². The Kier molecular flexibility index (Phi) is 5.78. The molecule has 0 aromatic carbocycles. The first-order valence-corrected chi connectivity index (χ1v) is 8.82. The highest BCUT2D eigenvalue weighted by Crippen LogP contribution is 2.33. The summed E-state index contributed by atoms with van der Waals surface area (Å²) in [7, 11) is 0. The van der Waals surface area contributed by atoms with Crippen LogP contribution in [-0.2, 0) is 9.47 Å². The summed E-state index contributed by atoms with van der Waals surface area (Å²) in [4.78, 5) is 0. The van der Waals surface area contributed by atoms with E-state index in [2.05, 4.69) is 12.8 Å². The van der Waals surface area contributed by atoms with Crippen LogP contribution in [0.1, 0.15) is 70.6 Å². The molecule has 2 nitrogen and oxygen atoms in total. The highest BCUT2D eigenvalue weighted by molar-refractivity contribution is 4.85. The van der Waals surface area contributed by atoms with E-state index in [4.69, 9.17) is 9.47 Å². The number of ether oxygens (including phenoxy) is 2. The van der Waals surface area contributed by atoms with Crippen LogP contribution in [0.3, 0.4) is 0 Å². The standard InChI is InChI=1S/C18H30O2/c1-2-8-17(9-3-1)20-18-11-10-15(14-18)12-13-19-16-6-4-5-7-16/h4,8,15-18H,1-3,5-7,9-14H2. The predicted molar refractivity (Wildman–Crippen MR) is 81.3 cm³/mol. The summed E-state index contributed by atoms with van der Waals surface area (Å²) in [5, 5.41) is 0. The van der Waals surface area contributed by atoms with E-state index in [1.54, 1.807) is 0 Å². The van der Waals surface area contributed by atoms with Gasteiger partial charge in [-0.3, -0.25) is 0 Å². The molecular formula is C18H30O2. The zero-order chi connectivity index (χ0) is 13.6. The molecule has 0 N–H and O–H groups in total. The molecule has 0 spiro atoms. The van der Waals surface area contributed by atoms with E-state index in [-0.39, 0.29) is 0 Å². The fourth-order valence-electron chi connectivity index (χ4n) is 3.98. The van der Waals surface area contributed by atoms with Gasteiger partial charge in [0.2, 0.25) is 0 Å². The quantitative estimate of drug-likeness (QED) is 0.713. The molecule has 3 rings (SSSR count). The van der Waals surface area contributed by atoms with Gasteiger partial charge in [0.1, 0.15) is 0 Å². The number of hydrogen-bond acceptors (Lipinski definition) is 2. The molecule has 3 fully saturated rings. The summed E-state index contributed by atoms with van der Waals surface area (Å²) in [6, 6.07) is 0. The Bertz CT molecular complexity index is 267. The van der Waals surface area contributed by atoms with Gasteiger partial charge in [-0.15, -0.1) is 0 Å². The van der Waals surface area contributed by atoms with Crippen molar-refractivity contribution < 1.29 is 9.47 Å². The SMILES string of the molecule is [CH]1CCC(OCCC2CCC(OC3[CH]CCCC3)C2)C1. The van der Waals surface area contributed by atoms with E-state index in [1.165, 1.54) is 70.6 Å². The van der Waals surface area contributed by atoms with Crippen LogP contribution in [0.25, 0.3) is 0 Å². The van der Waals surface area contributed by atoms with Crippen LogP contribution in [0, 0.1) is 18.8 Å². The van der Waals surface area contributed by atoms with Crippen molar-refractivity contribution in [2.75, 3.05) is 6.61 Å². The van der Waals surface area contributed by atoms with Gasteiger partial charge in [-0.1, -0.05) is 12.8 Å². The van der Waals surface area contributed by atoms with Gasteiger partial charge >= 0.3 is 0 Å². The van der Waals surface area contributed by atoms with Crippen molar-refractivity contribution >= 4 is 0 Å². The summed E-state index contributed by atoms with van der Waals surface area (Å²) in [5.41, 5.74) is 0. The van der Waals surface area contributed by atoms with Gasteiger partial charge in [-0.05, 0) is 76.5 Å². The third kappa shape index (κ3) is 4.46. The van der Waals surface area contributed by atoms with Gasteiger partial charge in [0.05, 0.1) is 18.3 Å². The Hall–Kier alpha value is -0.0800. The van der Waals surface area contributed by atoms with Crippen LogP contribution in [0.2, 0.25) is 0 Å². The van der Waals surface area contributed by atoms with Crippen molar-refractivity contribution in [3.05, 3.63) is 12.8 Å². The average Bonchev–Trinajstić information content (AvgIpc) is 3.12. The monoisotopic (exact) mass is 278 g/mol. The molecule has 0 bridgehead atoms. The van der Waals surface area contributed by atoms with Gasteiger partial charge in [0.15, 0.2) is 0 Å². The third-order valence-electron chi connectivity index (χ3n) is 5.23. The van der Waals surface area contributed by atoms with E-state index < -0.39 is 0 Å². The lowest BCUT2D eigenvalue weighted by Crippen LogP contribution is -2.23. The molecule has 0 amide bonds. The second-order valence-corrected chi connectivity index (χ2v) is 6.88. The van der Waals surface area contributed by atoms with Crippen molar-refractivity contribution in [1.29, 1.82) is 0 Å². The smallest absolute Gasteiger partial charge is 0.0610 e. The summed E-state index contributed by atoms with van der Waals surface area (Å²) >= 11 is 0. The van der Waals surface area contributed by atoms with Crippen LogP contribution in [0.4, 0.5) is 0 Å². The Labute approximate surface area is 124 Å². The molecule has 20 heavy (non-hydrogen) atoms. The van der Waals surface area contributed by atoms with Crippen LogP contribution in [0.15, 0.2) is 0 Å². The molecule has 3 aliphatic rings. The highest BCUT2D eigenvalue weighted by Gasteiger charge is 2.28. The second kappa shape index (κ2) is 7.79. The molecule has 4 atom stereocenters. The summed E-state index contributed by atoms with van der Waals surface area (Å²) in [6.07, 6.45) is 20.3. The lowest BCUT2D eigenvalue weighted by atomic mass is 9.97. The summed E-state index contributed by atoms with van der Waals surface area (Å²) in [6.45, 7) is 0.964. The van der Waals surface area contributed by atoms with Gasteiger partial charge < -0.3 is 9.47 Å². The maximum atomic E-state index is 6.26. The van der Waals surface area contributed by atoms with E-state index in [1.807, 2.05) is 0 Å².